The van der Waals surface area contributed by atoms with Gasteiger partial charge in [0.25, 0.3) is 0 Å². The van der Waals surface area contributed by atoms with Crippen LogP contribution in [-0.4, -0.2) is 27.9 Å². The number of carbonyl (C=O) groups is 1. The molecule has 0 saturated carbocycles. The molecule has 0 aliphatic rings. The molecule has 1 heterocycles. The van der Waals surface area contributed by atoms with Crippen LogP contribution in [0.4, 0.5) is 0 Å². The molecule has 1 amide bonds. The van der Waals surface area contributed by atoms with Crippen molar-refractivity contribution in [1.29, 1.82) is 0 Å². The fourth-order valence-electron chi connectivity index (χ4n) is 1.87. The highest BCUT2D eigenvalue weighted by Crippen LogP contribution is 2.18. The van der Waals surface area contributed by atoms with Gasteiger partial charge in [-0.05, 0) is 31.7 Å². The van der Waals surface area contributed by atoms with Crippen LogP contribution in [0.1, 0.15) is 32.1 Å². The predicted molar refractivity (Wildman–Crippen MR) is 77.2 cm³/mol. The van der Waals surface area contributed by atoms with Crippen LogP contribution in [0.5, 0.6) is 0 Å². The van der Waals surface area contributed by atoms with Gasteiger partial charge < -0.3 is 15.8 Å². The summed E-state index contributed by atoms with van der Waals surface area (Å²) in [7, 11) is 0. The highest BCUT2D eigenvalue weighted by atomic mass is 32.1. The van der Waals surface area contributed by atoms with E-state index >= 15 is 0 Å². The molecule has 0 saturated heterocycles. The highest BCUT2D eigenvalue weighted by molar-refractivity contribution is 7.09. The zero-order chi connectivity index (χ0) is 14.4. The monoisotopic (exact) mass is 283 g/mol. The smallest absolute Gasteiger partial charge is 0.233 e. The summed E-state index contributed by atoms with van der Waals surface area (Å²) in [5.41, 5.74) is 5.60. The Morgan fingerprint density at radius 2 is 2.26 bits per heavy atom. The van der Waals surface area contributed by atoms with Crippen molar-refractivity contribution in [1.82, 2.24) is 4.90 Å². The lowest BCUT2D eigenvalue weighted by Gasteiger charge is -2.29. The Balaban J connectivity index is 2.89. The second-order valence-electron chi connectivity index (χ2n) is 4.62. The molecule has 1 rings (SSSR count). The Morgan fingerprint density at radius 1 is 1.58 bits per heavy atom. The predicted octanol–water partition coefficient (Wildman–Crippen LogP) is 2.26. The number of oxime groups is 1. The molecule has 5 nitrogen and oxygen atoms in total. The fourth-order valence-corrected chi connectivity index (χ4v) is 2.57. The Bertz CT molecular complexity index is 429. The van der Waals surface area contributed by atoms with Gasteiger partial charge in [0.1, 0.15) is 0 Å². The van der Waals surface area contributed by atoms with E-state index < -0.39 is 5.92 Å². The van der Waals surface area contributed by atoms with E-state index in [1.165, 1.54) is 0 Å². The molecule has 0 bridgehead atoms. The molecule has 0 aliphatic carbocycles. The maximum atomic E-state index is 12.5. The number of amides is 1. The minimum Gasteiger partial charge on any atom is -0.409 e. The van der Waals surface area contributed by atoms with E-state index in [-0.39, 0.29) is 17.8 Å². The first kappa shape index (κ1) is 15.5. The van der Waals surface area contributed by atoms with Crippen molar-refractivity contribution in [3.63, 3.8) is 0 Å². The van der Waals surface area contributed by atoms with E-state index in [9.17, 15) is 4.79 Å². The molecule has 106 valence electrons. The Morgan fingerprint density at radius 3 is 2.68 bits per heavy atom. The zero-order valence-electron chi connectivity index (χ0n) is 11.5. The lowest BCUT2D eigenvalue weighted by atomic mass is 10.0. The molecule has 1 aromatic rings. The van der Waals surface area contributed by atoms with Crippen molar-refractivity contribution >= 4 is 23.1 Å². The van der Waals surface area contributed by atoms with Gasteiger partial charge in [-0.3, -0.25) is 4.79 Å². The minimum atomic E-state index is -0.563. The molecule has 0 spiro atoms. The standard InChI is InChI=1S/C13H21N3O2S/c1-4-11(12(14)15-18)13(17)16(9(2)3)8-10-6-5-7-19-10/h5-7,9,11,18H,4,8H2,1-3H3,(H2,14,15). The second-order valence-corrected chi connectivity index (χ2v) is 5.66. The number of nitrogens with two attached hydrogens (primary N) is 1. The summed E-state index contributed by atoms with van der Waals surface area (Å²) in [5, 5.41) is 13.7. The quantitative estimate of drug-likeness (QED) is 0.364. The number of thiophene rings is 1. The van der Waals surface area contributed by atoms with Crippen LogP contribution in [0.2, 0.25) is 0 Å². The molecule has 0 fully saturated rings. The van der Waals surface area contributed by atoms with Crippen LogP contribution in [0.3, 0.4) is 0 Å². The van der Waals surface area contributed by atoms with Gasteiger partial charge in [0.05, 0.1) is 12.5 Å². The molecule has 0 aliphatic heterocycles. The van der Waals surface area contributed by atoms with Crippen LogP contribution in [-0.2, 0) is 11.3 Å². The Labute approximate surface area is 117 Å². The first-order chi connectivity index (χ1) is 9.01. The summed E-state index contributed by atoms with van der Waals surface area (Å²) < 4.78 is 0. The van der Waals surface area contributed by atoms with Crippen LogP contribution in [0.25, 0.3) is 0 Å². The molecule has 3 N–H and O–H groups in total. The van der Waals surface area contributed by atoms with Crippen molar-refractivity contribution in [3.05, 3.63) is 22.4 Å². The van der Waals surface area contributed by atoms with Crippen molar-refractivity contribution < 1.29 is 10.0 Å². The van der Waals surface area contributed by atoms with Gasteiger partial charge in [0, 0.05) is 10.9 Å². The van der Waals surface area contributed by atoms with Gasteiger partial charge in [0.2, 0.25) is 5.91 Å². The van der Waals surface area contributed by atoms with E-state index in [1.807, 2.05) is 38.3 Å². The number of carbonyl (C=O) groups excluding carboxylic acids is 1. The Kier molecular flexibility index (Phi) is 5.82. The van der Waals surface area contributed by atoms with Gasteiger partial charge in [0.15, 0.2) is 5.84 Å². The second kappa shape index (κ2) is 7.13. The van der Waals surface area contributed by atoms with E-state index in [0.717, 1.165) is 4.88 Å². The first-order valence-corrected chi connectivity index (χ1v) is 7.19. The minimum absolute atomic E-state index is 0.0238. The van der Waals surface area contributed by atoms with Gasteiger partial charge >= 0.3 is 0 Å². The SMILES string of the molecule is CCC(C(=O)N(Cc1cccs1)C(C)C)C(N)=NO. The normalized spacial score (nSPS) is 13.6. The molecule has 1 unspecified atom stereocenters. The molecule has 6 heteroatoms. The van der Waals surface area contributed by atoms with Gasteiger partial charge in [-0.15, -0.1) is 11.3 Å². The van der Waals surface area contributed by atoms with Crippen molar-refractivity contribution in [2.24, 2.45) is 16.8 Å². The third kappa shape index (κ3) is 3.96. The van der Waals surface area contributed by atoms with Gasteiger partial charge in [-0.25, -0.2) is 0 Å². The highest BCUT2D eigenvalue weighted by Gasteiger charge is 2.28. The zero-order valence-corrected chi connectivity index (χ0v) is 12.4. The third-order valence-electron chi connectivity index (χ3n) is 2.99. The van der Waals surface area contributed by atoms with E-state index in [1.54, 1.807) is 16.2 Å². The van der Waals surface area contributed by atoms with Crippen LogP contribution in [0, 0.1) is 5.92 Å². The topological polar surface area (TPSA) is 78.9 Å². The van der Waals surface area contributed by atoms with E-state index in [4.69, 9.17) is 10.9 Å². The largest absolute Gasteiger partial charge is 0.409 e. The lowest BCUT2D eigenvalue weighted by molar-refractivity contribution is -0.135. The number of nitrogens with zero attached hydrogens (tertiary/aromatic N) is 2. The van der Waals surface area contributed by atoms with Gasteiger partial charge in [-0.1, -0.05) is 18.1 Å². The molecule has 19 heavy (non-hydrogen) atoms. The van der Waals surface area contributed by atoms with E-state index in [0.29, 0.717) is 13.0 Å². The fraction of sp³-hybridized carbons (Fsp3) is 0.538. The van der Waals surface area contributed by atoms with Crippen LogP contribution >= 0.6 is 11.3 Å². The van der Waals surface area contributed by atoms with Gasteiger partial charge in [-0.2, -0.15) is 0 Å². The molecule has 0 aromatic carbocycles. The molecular weight excluding hydrogens is 262 g/mol. The van der Waals surface area contributed by atoms with Crippen molar-refractivity contribution in [3.8, 4) is 0 Å². The van der Waals surface area contributed by atoms with Crippen LogP contribution in [0.15, 0.2) is 22.7 Å². The summed E-state index contributed by atoms with van der Waals surface area (Å²) in [6.07, 6.45) is 0.516. The number of rotatable bonds is 6. The summed E-state index contributed by atoms with van der Waals surface area (Å²) in [5.74, 6) is -0.683. The maximum Gasteiger partial charge on any atom is 0.233 e. The molecule has 1 atom stereocenters. The summed E-state index contributed by atoms with van der Waals surface area (Å²) in [6, 6.07) is 4.02. The molecular formula is C13H21N3O2S. The average Bonchev–Trinajstić information content (AvgIpc) is 2.88. The summed E-state index contributed by atoms with van der Waals surface area (Å²) in [4.78, 5) is 15.4. The van der Waals surface area contributed by atoms with Crippen molar-refractivity contribution in [2.45, 2.75) is 39.8 Å². The van der Waals surface area contributed by atoms with Crippen molar-refractivity contribution in [2.75, 3.05) is 0 Å². The average molecular weight is 283 g/mol. The molecule has 1 aromatic heterocycles. The van der Waals surface area contributed by atoms with Crippen LogP contribution < -0.4 is 5.73 Å². The number of hydrogen-bond donors (Lipinski definition) is 2. The summed E-state index contributed by atoms with van der Waals surface area (Å²) in [6.45, 7) is 6.34. The maximum absolute atomic E-state index is 12.5. The third-order valence-corrected chi connectivity index (χ3v) is 3.85. The number of amidine groups is 1. The summed E-state index contributed by atoms with van der Waals surface area (Å²) >= 11 is 1.61. The molecule has 0 radical (unpaired) electrons. The van der Waals surface area contributed by atoms with E-state index in [2.05, 4.69) is 5.16 Å². The first-order valence-electron chi connectivity index (χ1n) is 6.31. The Hall–Kier alpha value is -1.56. The number of hydrogen-bond acceptors (Lipinski definition) is 4. The lowest BCUT2D eigenvalue weighted by Crippen LogP contribution is -2.44.